The molecule has 0 saturated carbocycles. The number of benzene rings is 1. The molecule has 96 valence electrons. The number of thioether (sulfide) groups is 1. The van der Waals surface area contributed by atoms with Crippen molar-refractivity contribution >= 4 is 23.7 Å². The van der Waals surface area contributed by atoms with E-state index in [0.29, 0.717) is 5.56 Å². The van der Waals surface area contributed by atoms with E-state index >= 15 is 0 Å². The molecule has 0 aliphatic carbocycles. The summed E-state index contributed by atoms with van der Waals surface area (Å²) in [7, 11) is 0. The van der Waals surface area contributed by atoms with Crippen LogP contribution in [0.5, 0.6) is 0 Å². The highest BCUT2D eigenvalue weighted by atomic mass is 32.2. The van der Waals surface area contributed by atoms with Crippen molar-refractivity contribution in [2.45, 2.75) is 0 Å². The van der Waals surface area contributed by atoms with Gasteiger partial charge in [-0.25, -0.2) is 10.2 Å². The molecule has 0 aromatic heterocycles. The van der Waals surface area contributed by atoms with E-state index in [9.17, 15) is 9.59 Å². The van der Waals surface area contributed by atoms with E-state index in [4.69, 9.17) is 0 Å². The molecule has 1 fully saturated rings. The highest BCUT2D eigenvalue weighted by Crippen LogP contribution is 2.08. The van der Waals surface area contributed by atoms with Crippen LogP contribution in [0.4, 0.5) is 4.79 Å². The van der Waals surface area contributed by atoms with Crippen LogP contribution in [0.1, 0.15) is 10.4 Å². The van der Waals surface area contributed by atoms with Crippen molar-refractivity contribution in [2.24, 2.45) is 0 Å². The van der Waals surface area contributed by atoms with Crippen molar-refractivity contribution in [1.82, 2.24) is 15.8 Å². The molecule has 1 aliphatic heterocycles. The van der Waals surface area contributed by atoms with E-state index in [1.165, 1.54) is 0 Å². The van der Waals surface area contributed by atoms with Crippen molar-refractivity contribution in [3.63, 3.8) is 0 Å². The van der Waals surface area contributed by atoms with Crippen LogP contribution in [-0.2, 0) is 0 Å². The number of hydrazine groups is 1. The molecule has 6 heteroatoms. The molecule has 2 rings (SSSR count). The van der Waals surface area contributed by atoms with Crippen molar-refractivity contribution in [1.29, 1.82) is 0 Å². The summed E-state index contributed by atoms with van der Waals surface area (Å²) in [6, 6.07) is 8.52. The number of urea groups is 1. The summed E-state index contributed by atoms with van der Waals surface area (Å²) in [6.45, 7) is 1.44. The van der Waals surface area contributed by atoms with E-state index in [1.807, 2.05) is 17.8 Å². The largest absolute Gasteiger partial charge is 0.336 e. The summed E-state index contributed by atoms with van der Waals surface area (Å²) in [4.78, 5) is 25.1. The first-order chi connectivity index (χ1) is 8.77. The molecule has 0 spiro atoms. The topological polar surface area (TPSA) is 61.4 Å². The molecule has 1 aromatic carbocycles. The van der Waals surface area contributed by atoms with Gasteiger partial charge in [-0.15, -0.1) is 0 Å². The number of amides is 3. The summed E-state index contributed by atoms with van der Waals surface area (Å²) in [6.07, 6.45) is 0. The Kier molecular flexibility index (Phi) is 4.46. The van der Waals surface area contributed by atoms with Gasteiger partial charge in [0.05, 0.1) is 0 Å². The average molecular weight is 265 g/mol. The molecule has 3 amide bonds. The van der Waals surface area contributed by atoms with Gasteiger partial charge in [-0.3, -0.25) is 10.2 Å². The first kappa shape index (κ1) is 12.8. The van der Waals surface area contributed by atoms with Crippen molar-refractivity contribution in [3.8, 4) is 0 Å². The third kappa shape index (κ3) is 3.40. The summed E-state index contributed by atoms with van der Waals surface area (Å²) >= 11 is 1.83. The van der Waals surface area contributed by atoms with E-state index in [-0.39, 0.29) is 11.9 Å². The number of rotatable bonds is 1. The Morgan fingerprint density at radius 1 is 1.06 bits per heavy atom. The van der Waals surface area contributed by atoms with E-state index < -0.39 is 0 Å². The quantitative estimate of drug-likeness (QED) is 0.747. The van der Waals surface area contributed by atoms with Gasteiger partial charge in [0.2, 0.25) is 0 Å². The monoisotopic (exact) mass is 265 g/mol. The van der Waals surface area contributed by atoms with Crippen LogP contribution in [0, 0.1) is 0 Å². The number of nitrogens with zero attached hydrogens (tertiary/aromatic N) is 1. The SMILES string of the molecule is O=C(NNC(=O)N1CCSCC1)c1ccccc1. The number of carbonyl (C=O) groups is 2. The minimum absolute atomic E-state index is 0.250. The minimum atomic E-state index is -0.310. The number of nitrogens with one attached hydrogen (secondary N) is 2. The fraction of sp³-hybridized carbons (Fsp3) is 0.333. The minimum Gasteiger partial charge on any atom is -0.322 e. The Labute approximate surface area is 110 Å². The second kappa shape index (κ2) is 6.30. The Bertz CT molecular complexity index is 419. The van der Waals surface area contributed by atoms with Gasteiger partial charge >= 0.3 is 6.03 Å². The first-order valence-corrected chi connectivity index (χ1v) is 6.91. The average Bonchev–Trinajstić information content (AvgIpc) is 2.46. The first-order valence-electron chi connectivity index (χ1n) is 5.75. The van der Waals surface area contributed by atoms with E-state index in [0.717, 1.165) is 24.6 Å². The lowest BCUT2D eigenvalue weighted by Gasteiger charge is -2.26. The molecule has 1 aliphatic rings. The van der Waals surface area contributed by atoms with Gasteiger partial charge in [0.15, 0.2) is 0 Å². The van der Waals surface area contributed by atoms with Crippen LogP contribution in [0.25, 0.3) is 0 Å². The molecule has 0 atom stereocenters. The van der Waals surface area contributed by atoms with Crippen LogP contribution in [0.15, 0.2) is 30.3 Å². The molecule has 2 N–H and O–H groups in total. The molecule has 0 unspecified atom stereocenters. The maximum absolute atomic E-state index is 11.7. The fourth-order valence-electron chi connectivity index (χ4n) is 1.62. The van der Waals surface area contributed by atoms with Gasteiger partial charge in [-0.1, -0.05) is 18.2 Å². The highest BCUT2D eigenvalue weighted by Gasteiger charge is 2.16. The Hall–Kier alpha value is -1.69. The number of carbonyl (C=O) groups excluding carboxylic acids is 2. The predicted octanol–water partition coefficient (Wildman–Crippen LogP) is 1.09. The molecule has 0 bridgehead atoms. The van der Waals surface area contributed by atoms with Gasteiger partial charge in [-0.05, 0) is 12.1 Å². The van der Waals surface area contributed by atoms with Crippen LogP contribution in [-0.4, -0.2) is 41.4 Å². The van der Waals surface area contributed by atoms with Crippen molar-refractivity contribution < 1.29 is 9.59 Å². The zero-order chi connectivity index (χ0) is 12.8. The highest BCUT2D eigenvalue weighted by molar-refractivity contribution is 7.99. The zero-order valence-electron chi connectivity index (χ0n) is 9.89. The van der Waals surface area contributed by atoms with Crippen LogP contribution in [0.2, 0.25) is 0 Å². The van der Waals surface area contributed by atoms with Gasteiger partial charge < -0.3 is 4.90 Å². The van der Waals surface area contributed by atoms with Crippen LogP contribution < -0.4 is 10.9 Å². The maximum Gasteiger partial charge on any atom is 0.336 e. The predicted molar refractivity (Wildman–Crippen MR) is 71.3 cm³/mol. The molecule has 1 saturated heterocycles. The molecular formula is C12H15N3O2S. The lowest BCUT2D eigenvalue weighted by Crippen LogP contribution is -2.51. The maximum atomic E-state index is 11.7. The second-order valence-electron chi connectivity index (χ2n) is 3.85. The second-order valence-corrected chi connectivity index (χ2v) is 5.07. The summed E-state index contributed by atoms with van der Waals surface area (Å²) in [5.74, 6) is 1.58. The Morgan fingerprint density at radius 2 is 1.72 bits per heavy atom. The number of hydrogen-bond acceptors (Lipinski definition) is 3. The summed E-state index contributed by atoms with van der Waals surface area (Å²) < 4.78 is 0. The zero-order valence-corrected chi connectivity index (χ0v) is 10.7. The third-order valence-corrected chi connectivity index (χ3v) is 3.56. The van der Waals surface area contributed by atoms with Crippen LogP contribution >= 0.6 is 11.8 Å². The lowest BCUT2D eigenvalue weighted by atomic mass is 10.2. The Morgan fingerprint density at radius 3 is 2.39 bits per heavy atom. The van der Waals surface area contributed by atoms with Crippen molar-refractivity contribution in [3.05, 3.63) is 35.9 Å². The van der Waals surface area contributed by atoms with E-state index in [2.05, 4.69) is 10.9 Å². The van der Waals surface area contributed by atoms with Crippen LogP contribution in [0.3, 0.4) is 0 Å². The third-order valence-electron chi connectivity index (χ3n) is 2.62. The lowest BCUT2D eigenvalue weighted by molar-refractivity contribution is 0.0930. The Balaban J connectivity index is 1.80. The summed E-state index contributed by atoms with van der Waals surface area (Å²) in [5.41, 5.74) is 5.36. The van der Waals surface area contributed by atoms with Gasteiger partial charge in [0, 0.05) is 30.2 Å². The van der Waals surface area contributed by atoms with Gasteiger partial charge in [-0.2, -0.15) is 11.8 Å². The normalized spacial score (nSPS) is 15.0. The van der Waals surface area contributed by atoms with Gasteiger partial charge in [0.1, 0.15) is 0 Å². The molecular weight excluding hydrogens is 250 g/mol. The molecule has 18 heavy (non-hydrogen) atoms. The molecule has 1 heterocycles. The summed E-state index contributed by atoms with van der Waals surface area (Å²) in [5, 5.41) is 0. The van der Waals surface area contributed by atoms with Crippen molar-refractivity contribution in [2.75, 3.05) is 24.6 Å². The van der Waals surface area contributed by atoms with E-state index in [1.54, 1.807) is 29.2 Å². The smallest absolute Gasteiger partial charge is 0.322 e. The number of hydrogen-bond donors (Lipinski definition) is 2. The molecule has 5 nitrogen and oxygen atoms in total. The van der Waals surface area contributed by atoms with Gasteiger partial charge in [0.25, 0.3) is 5.91 Å². The molecule has 1 aromatic rings. The fourth-order valence-corrected chi connectivity index (χ4v) is 2.52. The molecule has 0 radical (unpaired) electrons. The standard InChI is InChI=1S/C12H15N3O2S/c16-11(10-4-2-1-3-5-10)13-14-12(17)15-6-8-18-9-7-15/h1-5H,6-9H2,(H,13,16)(H,14,17).